The number of esters is 1. The largest absolute Gasteiger partial charge is 0.469 e. The maximum atomic E-state index is 12.6. The molecule has 1 aromatic carbocycles. The van der Waals surface area contributed by atoms with Gasteiger partial charge in [-0.1, -0.05) is 6.92 Å². The van der Waals surface area contributed by atoms with Crippen LogP contribution in [0.15, 0.2) is 12.1 Å². The van der Waals surface area contributed by atoms with Crippen molar-refractivity contribution < 1.29 is 9.53 Å². The zero-order valence-electron chi connectivity index (χ0n) is 13.8. The van der Waals surface area contributed by atoms with Crippen LogP contribution in [-0.4, -0.2) is 37.1 Å². The lowest BCUT2D eigenvalue weighted by atomic mass is 9.76. The van der Waals surface area contributed by atoms with Crippen LogP contribution >= 0.6 is 45.2 Å². The van der Waals surface area contributed by atoms with Crippen LogP contribution in [0.1, 0.15) is 43.2 Å². The summed E-state index contributed by atoms with van der Waals surface area (Å²) in [4.78, 5) is 15.0. The molecule has 2 saturated heterocycles. The van der Waals surface area contributed by atoms with E-state index >= 15 is 0 Å². The van der Waals surface area contributed by atoms with Crippen LogP contribution in [-0.2, 0) is 16.0 Å². The molecular formula is C18H23I2NO2. The number of fused-ring (bicyclic) bond motifs is 2. The van der Waals surface area contributed by atoms with Crippen LogP contribution in [0.25, 0.3) is 0 Å². The molecule has 0 N–H and O–H groups in total. The molecule has 2 fully saturated rings. The van der Waals surface area contributed by atoms with Crippen molar-refractivity contribution in [3.8, 4) is 0 Å². The zero-order chi connectivity index (χ0) is 16.7. The second-order valence-electron chi connectivity index (χ2n) is 6.67. The van der Waals surface area contributed by atoms with Gasteiger partial charge in [0.1, 0.15) is 0 Å². The minimum Gasteiger partial charge on any atom is -0.469 e. The molecule has 5 heteroatoms. The number of hydrogen-bond donors (Lipinski definition) is 0. The highest BCUT2D eigenvalue weighted by atomic mass is 127. The first-order valence-corrected chi connectivity index (χ1v) is 10.4. The Morgan fingerprint density at radius 3 is 2.70 bits per heavy atom. The molecule has 2 heterocycles. The molecule has 0 amide bonds. The minimum atomic E-state index is -0.0439. The number of rotatable bonds is 3. The number of carbonyl (C=O) groups is 1. The van der Waals surface area contributed by atoms with E-state index in [0.717, 1.165) is 19.3 Å². The third-order valence-electron chi connectivity index (χ3n) is 5.69. The Labute approximate surface area is 165 Å². The van der Waals surface area contributed by atoms with Crippen LogP contribution < -0.4 is 0 Å². The van der Waals surface area contributed by atoms with E-state index in [1.807, 2.05) is 0 Å². The average Bonchev–Trinajstić information content (AvgIpc) is 2.78. The van der Waals surface area contributed by atoms with Gasteiger partial charge >= 0.3 is 5.97 Å². The highest BCUT2D eigenvalue weighted by Crippen LogP contribution is 2.47. The Morgan fingerprint density at radius 2 is 2.04 bits per heavy atom. The number of nitrogens with zero attached hydrogens (tertiary/aromatic N) is 1. The monoisotopic (exact) mass is 539 g/mol. The summed E-state index contributed by atoms with van der Waals surface area (Å²) in [5.41, 5.74) is 2.73. The number of methoxy groups -OCH3 is 1. The maximum absolute atomic E-state index is 12.6. The third kappa shape index (κ3) is 3.17. The number of carbonyl (C=O) groups excluding carboxylic acids is 1. The van der Waals surface area contributed by atoms with Crippen molar-refractivity contribution >= 4 is 51.2 Å². The van der Waals surface area contributed by atoms with Crippen molar-refractivity contribution in [2.75, 3.05) is 14.2 Å². The second-order valence-corrected chi connectivity index (χ2v) is 9.00. The Bertz CT molecular complexity index is 619. The average molecular weight is 539 g/mol. The van der Waals surface area contributed by atoms with Crippen LogP contribution in [0.3, 0.4) is 0 Å². The van der Waals surface area contributed by atoms with Crippen molar-refractivity contribution in [1.82, 2.24) is 4.90 Å². The standard InChI is InChI=1S/C18H23I2NO2/c1-4-10-7-15(20)12(9-14(10)19)13-8-11-5-6-16(21(11)2)17(13)18(22)23-3/h7,9,11,13,16-17H,4-6,8H2,1-3H3/t11-,13-,16?,17?/m1/s1. The number of hydrogen-bond acceptors (Lipinski definition) is 3. The van der Waals surface area contributed by atoms with Crippen LogP contribution in [0.4, 0.5) is 0 Å². The highest BCUT2D eigenvalue weighted by Gasteiger charge is 2.50. The Hall–Kier alpha value is 0.110. The van der Waals surface area contributed by atoms with E-state index in [1.165, 1.54) is 31.8 Å². The molecular weight excluding hydrogens is 516 g/mol. The molecule has 2 bridgehead atoms. The number of halogens is 2. The molecule has 126 valence electrons. The Kier molecular flexibility index (Phi) is 5.57. The van der Waals surface area contributed by atoms with E-state index in [0.29, 0.717) is 12.1 Å². The number of benzene rings is 1. The van der Waals surface area contributed by atoms with E-state index in [-0.39, 0.29) is 17.8 Å². The van der Waals surface area contributed by atoms with Gasteiger partial charge in [0.25, 0.3) is 0 Å². The van der Waals surface area contributed by atoms with Gasteiger partial charge in [-0.25, -0.2) is 0 Å². The zero-order valence-corrected chi connectivity index (χ0v) is 18.1. The van der Waals surface area contributed by atoms with Crippen LogP contribution in [0.5, 0.6) is 0 Å². The number of piperidine rings is 1. The van der Waals surface area contributed by atoms with Crippen LogP contribution in [0.2, 0.25) is 0 Å². The maximum Gasteiger partial charge on any atom is 0.310 e. The molecule has 2 unspecified atom stereocenters. The summed E-state index contributed by atoms with van der Waals surface area (Å²) < 4.78 is 7.79. The summed E-state index contributed by atoms with van der Waals surface area (Å²) in [6, 6.07) is 5.54. The van der Waals surface area contributed by atoms with Gasteiger partial charge in [-0.3, -0.25) is 9.69 Å². The molecule has 3 rings (SSSR count). The topological polar surface area (TPSA) is 29.5 Å². The molecule has 2 aliphatic rings. The van der Waals surface area contributed by atoms with Gasteiger partial charge in [0.15, 0.2) is 0 Å². The van der Waals surface area contributed by atoms with Crippen molar-refractivity contribution in [3.05, 3.63) is 30.4 Å². The van der Waals surface area contributed by atoms with E-state index in [2.05, 4.69) is 76.2 Å². The summed E-state index contributed by atoms with van der Waals surface area (Å²) in [6.45, 7) is 2.19. The van der Waals surface area contributed by atoms with Gasteiger partial charge in [0.05, 0.1) is 13.0 Å². The van der Waals surface area contributed by atoms with Gasteiger partial charge in [-0.15, -0.1) is 0 Å². The van der Waals surface area contributed by atoms with E-state index in [9.17, 15) is 4.79 Å². The summed E-state index contributed by atoms with van der Waals surface area (Å²) in [5.74, 6) is 0.195. The molecule has 4 atom stereocenters. The Balaban J connectivity index is 2.03. The van der Waals surface area contributed by atoms with Gasteiger partial charge < -0.3 is 4.74 Å². The SMILES string of the molecule is CCc1cc(I)c([C@H]2C[C@H]3CCC(C2C(=O)OC)N3C)cc1I. The molecule has 0 aromatic heterocycles. The molecule has 23 heavy (non-hydrogen) atoms. The first-order valence-electron chi connectivity index (χ1n) is 8.25. The summed E-state index contributed by atoms with van der Waals surface area (Å²) >= 11 is 4.88. The fourth-order valence-electron chi connectivity index (χ4n) is 4.40. The second kappa shape index (κ2) is 7.15. The highest BCUT2D eigenvalue weighted by molar-refractivity contribution is 14.1. The third-order valence-corrected chi connectivity index (χ3v) is 7.63. The molecule has 0 aliphatic carbocycles. The van der Waals surface area contributed by atoms with Crippen molar-refractivity contribution in [1.29, 1.82) is 0 Å². The first-order chi connectivity index (χ1) is 11.0. The smallest absolute Gasteiger partial charge is 0.310 e. The summed E-state index contributed by atoms with van der Waals surface area (Å²) in [6.07, 6.45) is 4.42. The van der Waals surface area contributed by atoms with E-state index in [1.54, 1.807) is 0 Å². The van der Waals surface area contributed by atoms with Crippen molar-refractivity contribution in [2.45, 2.75) is 50.6 Å². The minimum absolute atomic E-state index is 0.0412. The predicted octanol–water partition coefficient (Wildman–Crippen LogP) is 4.20. The van der Waals surface area contributed by atoms with Crippen molar-refractivity contribution in [2.24, 2.45) is 5.92 Å². The molecule has 0 spiro atoms. The summed E-state index contributed by atoms with van der Waals surface area (Å²) in [5, 5.41) is 0. The van der Waals surface area contributed by atoms with E-state index < -0.39 is 0 Å². The number of aryl methyl sites for hydroxylation is 1. The fourth-order valence-corrected chi connectivity index (χ4v) is 6.21. The fraction of sp³-hybridized carbons (Fsp3) is 0.611. The van der Waals surface area contributed by atoms with Gasteiger partial charge in [0.2, 0.25) is 0 Å². The van der Waals surface area contributed by atoms with Gasteiger partial charge in [-0.2, -0.15) is 0 Å². The predicted molar refractivity (Wildman–Crippen MR) is 109 cm³/mol. The quantitative estimate of drug-likeness (QED) is 0.427. The Morgan fingerprint density at radius 1 is 1.30 bits per heavy atom. The molecule has 0 saturated carbocycles. The van der Waals surface area contributed by atoms with Gasteiger partial charge in [0, 0.05) is 25.1 Å². The lowest BCUT2D eigenvalue weighted by Crippen LogP contribution is -2.49. The summed E-state index contributed by atoms with van der Waals surface area (Å²) in [7, 11) is 3.69. The van der Waals surface area contributed by atoms with Gasteiger partial charge in [-0.05, 0) is 101 Å². The lowest BCUT2D eigenvalue weighted by Gasteiger charge is -2.42. The first kappa shape index (κ1) is 17.9. The molecule has 2 aliphatic heterocycles. The van der Waals surface area contributed by atoms with Crippen molar-refractivity contribution in [3.63, 3.8) is 0 Å². The molecule has 3 nitrogen and oxygen atoms in total. The molecule has 0 radical (unpaired) electrons. The normalized spacial score (nSPS) is 30.5. The lowest BCUT2D eigenvalue weighted by molar-refractivity contribution is -0.150. The number of ether oxygens (including phenoxy) is 1. The van der Waals surface area contributed by atoms with E-state index in [4.69, 9.17) is 4.74 Å². The molecule has 1 aromatic rings. The van der Waals surface area contributed by atoms with Crippen LogP contribution in [0, 0.1) is 13.1 Å².